The van der Waals surface area contributed by atoms with Gasteiger partial charge in [-0.25, -0.2) is 23.1 Å². The minimum atomic E-state index is -3.86. The van der Waals surface area contributed by atoms with Crippen molar-refractivity contribution >= 4 is 26.3 Å². The van der Waals surface area contributed by atoms with Gasteiger partial charge in [-0.15, -0.1) is 11.3 Å². The number of nitrogens with one attached hydrogen (secondary N) is 1. The number of fused-ring (bicyclic) bond motifs is 1. The maximum Gasteiger partial charge on any atom is 0.246 e. The van der Waals surface area contributed by atoms with Crippen LogP contribution in [0.4, 0.5) is 0 Å². The van der Waals surface area contributed by atoms with Crippen LogP contribution in [0.1, 0.15) is 57.0 Å². The lowest BCUT2D eigenvalue weighted by Gasteiger charge is -2.26. The van der Waals surface area contributed by atoms with Crippen LogP contribution in [0.2, 0.25) is 0 Å². The van der Waals surface area contributed by atoms with Gasteiger partial charge < -0.3 is 9.84 Å². The highest BCUT2D eigenvalue weighted by atomic mass is 32.2. The number of aryl methyl sites for hydroxylation is 1. The molecule has 1 aliphatic rings. The molecule has 0 aromatic carbocycles. The van der Waals surface area contributed by atoms with Crippen molar-refractivity contribution in [3.8, 4) is 17.1 Å². The van der Waals surface area contributed by atoms with Crippen LogP contribution in [-0.4, -0.2) is 47.1 Å². The summed E-state index contributed by atoms with van der Waals surface area (Å²) in [7, 11) is -2.45. The van der Waals surface area contributed by atoms with Crippen LogP contribution in [0.3, 0.4) is 0 Å². The molecule has 0 radical (unpaired) electrons. The molecule has 2 N–H and O–H groups in total. The third-order valence-corrected chi connectivity index (χ3v) is 8.76. The summed E-state index contributed by atoms with van der Waals surface area (Å²) in [5, 5.41) is 9.72. The number of sulfonamides is 1. The molecule has 3 aromatic heterocycles. The number of thiazole rings is 1. The van der Waals surface area contributed by atoms with Crippen molar-refractivity contribution in [3.05, 3.63) is 29.0 Å². The van der Waals surface area contributed by atoms with Crippen LogP contribution in [0, 0.1) is 6.92 Å². The van der Waals surface area contributed by atoms with Crippen molar-refractivity contribution in [2.24, 2.45) is 0 Å². The summed E-state index contributed by atoms with van der Waals surface area (Å²) in [6, 6.07) is 1.39. The SMILES string of the molecule is COc1ncc(-c2c(C)nc3sc(C(C)(C)C)cn23)cc1S(=O)(=O)N[C@H]1CC[C@@H](O)CC1. The second kappa shape index (κ2) is 8.40. The smallest absolute Gasteiger partial charge is 0.246 e. The van der Waals surface area contributed by atoms with E-state index in [0.29, 0.717) is 31.2 Å². The Kier molecular flexibility index (Phi) is 6.08. The van der Waals surface area contributed by atoms with Crippen LogP contribution in [-0.2, 0) is 15.4 Å². The number of rotatable bonds is 5. The molecule has 1 fully saturated rings. The van der Waals surface area contributed by atoms with Crippen molar-refractivity contribution in [1.29, 1.82) is 0 Å². The van der Waals surface area contributed by atoms with Gasteiger partial charge in [0.05, 0.1) is 24.6 Å². The normalized spacial score (nSPS) is 20.1. The summed E-state index contributed by atoms with van der Waals surface area (Å²) in [5.74, 6) is 0.0520. The highest BCUT2D eigenvalue weighted by Gasteiger charge is 2.29. The van der Waals surface area contributed by atoms with Crippen molar-refractivity contribution in [1.82, 2.24) is 19.1 Å². The van der Waals surface area contributed by atoms with Gasteiger partial charge in [0.1, 0.15) is 4.90 Å². The van der Waals surface area contributed by atoms with Crippen molar-refractivity contribution < 1.29 is 18.3 Å². The maximum atomic E-state index is 13.3. The van der Waals surface area contributed by atoms with Crippen LogP contribution in [0.5, 0.6) is 5.88 Å². The van der Waals surface area contributed by atoms with Gasteiger partial charge in [-0.1, -0.05) is 20.8 Å². The summed E-state index contributed by atoms with van der Waals surface area (Å²) < 4.78 is 36.6. The quantitative estimate of drug-likeness (QED) is 0.580. The monoisotopic (exact) mass is 478 g/mol. The van der Waals surface area contributed by atoms with Gasteiger partial charge in [-0.05, 0) is 44.1 Å². The number of hydrogen-bond donors (Lipinski definition) is 2. The molecule has 3 aromatic rings. The van der Waals surface area contributed by atoms with Gasteiger partial charge in [0.25, 0.3) is 0 Å². The van der Waals surface area contributed by atoms with Crippen LogP contribution in [0.15, 0.2) is 23.4 Å². The van der Waals surface area contributed by atoms with Crippen LogP contribution >= 0.6 is 11.3 Å². The standard InChI is InChI=1S/C22H30N4O4S2/c1-13-19(26-12-18(22(2,3)4)31-21(26)24-13)14-10-17(20(30-5)23-11-14)32(28,29)25-15-6-8-16(27)9-7-15/h10-12,15-16,25,27H,6-9H2,1-5H3/t15-,16+. The van der Waals surface area contributed by atoms with Gasteiger partial charge in [0.2, 0.25) is 15.9 Å². The molecule has 4 rings (SSSR count). The van der Waals surface area contributed by atoms with E-state index in [2.05, 4.69) is 36.7 Å². The first-order valence-corrected chi connectivity index (χ1v) is 13.0. The molecule has 1 saturated carbocycles. The number of aliphatic hydroxyl groups excluding tert-OH is 1. The lowest BCUT2D eigenvalue weighted by molar-refractivity contribution is 0.120. The molecule has 1 aliphatic carbocycles. The molecule has 3 heterocycles. The number of imidazole rings is 1. The summed E-state index contributed by atoms with van der Waals surface area (Å²) in [5.41, 5.74) is 2.27. The number of methoxy groups -OCH3 is 1. The highest BCUT2D eigenvalue weighted by Crippen LogP contribution is 2.36. The zero-order chi connectivity index (χ0) is 23.3. The number of aliphatic hydroxyl groups is 1. The molecule has 0 saturated heterocycles. The van der Waals surface area contributed by atoms with Crippen LogP contribution in [0.25, 0.3) is 16.2 Å². The fourth-order valence-corrected chi connectivity index (χ4v) is 6.57. The number of hydrogen-bond acceptors (Lipinski definition) is 7. The van der Waals surface area contributed by atoms with E-state index in [0.717, 1.165) is 16.3 Å². The Morgan fingerprint density at radius 2 is 1.94 bits per heavy atom. The maximum absolute atomic E-state index is 13.3. The van der Waals surface area contributed by atoms with Crippen molar-refractivity contribution in [3.63, 3.8) is 0 Å². The van der Waals surface area contributed by atoms with Gasteiger partial charge in [0, 0.05) is 28.9 Å². The molecule has 0 spiro atoms. The van der Waals surface area contributed by atoms with Gasteiger partial charge >= 0.3 is 0 Å². The van der Waals surface area contributed by atoms with Gasteiger partial charge in [-0.2, -0.15) is 0 Å². The first-order valence-electron chi connectivity index (χ1n) is 10.7. The fourth-order valence-electron chi connectivity index (χ4n) is 4.03. The molecule has 10 heteroatoms. The average Bonchev–Trinajstić information content (AvgIpc) is 3.26. The molecule has 8 nitrogen and oxygen atoms in total. The van der Waals surface area contributed by atoms with E-state index < -0.39 is 10.0 Å². The number of pyridine rings is 1. The summed E-state index contributed by atoms with van der Waals surface area (Å²) in [6.45, 7) is 8.37. The third-order valence-electron chi connectivity index (χ3n) is 5.83. The number of aromatic nitrogens is 3. The predicted molar refractivity (Wildman–Crippen MR) is 125 cm³/mol. The molecule has 0 amide bonds. The zero-order valence-electron chi connectivity index (χ0n) is 19.0. The second-order valence-electron chi connectivity index (χ2n) is 9.40. The Labute approximate surface area is 192 Å². The van der Waals surface area contributed by atoms with E-state index in [1.807, 2.05) is 11.3 Å². The van der Waals surface area contributed by atoms with E-state index in [1.54, 1.807) is 23.6 Å². The van der Waals surface area contributed by atoms with E-state index in [-0.39, 0.29) is 28.3 Å². The second-order valence-corrected chi connectivity index (χ2v) is 12.1. The largest absolute Gasteiger partial charge is 0.480 e. The Hall–Kier alpha value is -2.01. The van der Waals surface area contributed by atoms with Crippen molar-refractivity contribution in [2.45, 2.75) is 75.8 Å². The van der Waals surface area contributed by atoms with Gasteiger partial charge in [0.15, 0.2) is 4.96 Å². The van der Waals surface area contributed by atoms with E-state index in [1.165, 1.54) is 12.0 Å². The number of nitrogens with zero attached hydrogens (tertiary/aromatic N) is 3. The summed E-state index contributed by atoms with van der Waals surface area (Å²) in [6.07, 6.45) is 5.71. The highest BCUT2D eigenvalue weighted by molar-refractivity contribution is 7.89. The third kappa shape index (κ3) is 4.41. The predicted octanol–water partition coefficient (Wildman–Crippen LogP) is 3.65. The number of ether oxygens (including phenoxy) is 1. The average molecular weight is 479 g/mol. The summed E-state index contributed by atoms with van der Waals surface area (Å²) in [4.78, 5) is 11.1. The lowest BCUT2D eigenvalue weighted by Crippen LogP contribution is -2.38. The summed E-state index contributed by atoms with van der Waals surface area (Å²) >= 11 is 1.63. The Morgan fingerprint density at radius 1 is 1.25 bits per heavy atom. The topological polar surface area (TPSA) is 106 Å². The van der Waals surface area contributed by atoms with E-state index in [9.17, 15) is 13.5 Å². The zero-order valence-corrected chi connectivity index (χ0v) is 20.7. The first-order chi connectivity index (χ1) is 15.0. The molecule has 0 atom stereocenters. The molecule has 0 aliphatic heterocycles. The molecular formula is C22H30N4O4S2. The van der Waals surface area contributed by atoms with E-state index in [4.69, 9.17) is 9.72 Å². The van der Waals surface area contributed by atoms with Gasteiger partial charge in [-0.3, -0.25) is 4.40 Å². The van der Waals surface area contributed by atoms with E-state index >= 15 is 0 Å². The molecule has 174 valence electrons. The molecule has 0 bridgehead atoms. The first kappa shape index (κ1) is 23.2. The minimum Gasteiger partial charge on any atom is -0.480 e. The van der Waals surface area contributed by atoms with Crippen LogP contribution < -0.4 is 9.46 Å². The Morgan fingerprint density at radius 3 is 2.56 bits per heavy atom. The lowest BCUT2D eigenvalue weighted by atomic mass is 9.94. The minimum absolute atomic E-state index is 0.00393. The van der Waals surface area contributed by atoms with Crippen molar-refractivity contribution in [2.75, 3.05) is 7.11 Å². The Balaban J connectivity index is 1.75. The molecule has 0 unspecified atom stereocenters. The fraction of sp³-hybridized carbons (Fsp3) is 0.545. The molecular weight excluding hydrogens is 448 g/mol. The molecule has 32 heavy (non-hydrogen) atoms. The Bertz CT molecular complexity index is 1230.